The first-order chi connectivity index (χ1) is 9.10. The number of rotatable bonds is 1. The molecular formula is C16H14ClNO. The number of aromatic nitrogens is 1. The van der Waals surface area contributed by atoms with Crippen LogP contribution in [-0.4, -0.2) is 12.1 Å². The van der Waals surface area contributed by atoms with Gasteiger partial charge in [0.1, 0.15) is 5.75 Å². The number of hydrogen-bond acceptors (Lipinski definition) is 2. The Morgan fingerprint density at radius 3 is 2.47 bits per heavy atom. The van der Waals surface area contributed by atoms with E-state index in [2.05, 4.69) is 18.0 Å². The summed E-state index contributed by atoms with van der Waals surface area (Å²) in [4.78, 5) is 4.68. The molecule has 3 heteroatoms. The van der Waals surface area contributed by atoms with Gasteiger partial charge in [-0.3, -0.25) is 0 Å². The molecule has 0 radical (unpaired) electrons. The molecule has 3 rings (SSSR count). The summed E-state index contributed by atoms with van der Waals surface area (Å²) in [6.45, 7) is 4.06. The standard InChI is InChI=1S/C16H14ClNO/c1-9-4-5-13-11(6-9)16(17)12-8-15(19-3)10(2)7-14(12)18-13/h4-8H,1-3H3. The average molecular weight is 272 g/mol. The van der Waals surface area contributed by atoms with Crippen molar-refractivity contribution in [3.63, 3.8) is 0 Å². The van der Waals surface area contributed by atoms with Crippen molar-refractivity contribution < 1.29 is 4.74 Å². The summed E-state index contributed by atoms with van der Waals surface area (Å²) in [5.74, 6) is 0.836. The normalized spacial score (nSPS) is 11.2. The summed E-state index contributed by atoms with van der Waals surface area (Å²) in [7, 11) is 1.67. The minimum absolute atomic E-state index is 0.738. The van der Waals surface area contributed by atoms with Crippen molar-refractivity contribution in [3.8, 4) is 5.75 Å². The molecule has 0 aliphatic carbocycles. The SMILES string of the molecule is COc1cc2c(Cl)c3cc(C)ccc3nc2cc1C. The lowest BCUT2D eigenvalue weighted by atomic mass is 10.1. The second kappa shape index (κ2) is 4.39. The van der Waals surface area contributed by atoms with E-state index in [-0.39, 0.29) is 0 Å². The van der Waals surface area contributed by atoms with E-state index in [1.54, 1.807) is 7.11 Å². The molecular weight excluding hydrogens is 258 g/mol. The second-order valence-electron chi connectivity index (χ2n) is 4.79. The number of fused-ring (bicyclic) bond motifs is 2. The number of halogens is 1. The number of nitrogens with zero attached hydrogens (tertiary/aromatic N) is 1. The number of methoxy groups -OCH3 is 1. The van der Waals surface area contributed by atoms with Crippen molar-refractivity contribution >= 4 is 33.4 Å². The molecule has 0 aliphatic heterocycles. The molecule has 0 unspecified atom stereocenters. The molecule has 1 heterocycles. The minimum Gasteiger partial charge on any atom is -0.496 e. The van der Waals surface area contributed by atoms with Crippen molar-refractivity contribution in [2.75, 3.05) is 7.11 Å². The molecule has 0 aliphatic rings. The van der Waals surface area contributed by atoms with E-state index in [0.717, 1.165) is 38.1 Å². The third-order valence-electron chi connectivity index (χ3n) is 3.38. The fourth-order valence-corrected chi connectivity index (χ4v) is 2.66. The van der Waals surface area contributed by atoms with Crippen LogP contribution in [0.15, 0.2) is 30.3 Å². The van der Waals surface area contributed by atoms with Gasteiger partial charge >= 0.3 is 0 Å². The van der Waals surface area contributed by atoms with E-state index in [0.29, 0.717) is 0 Å². The zero-order valence-corrected chi connectivity index (χ0v) is 11.9. The molecule has 0 spiro atoms. The van der Waals surface area contributed by atoms with E-state index in [4.69, 9.17) is 16.3 Å². The van der Waals surface area contributed by atoms with Crippen LogP contribution in [0.1, 0.15) is 11.1 Å². The van der Waals surface area contributed by atoms with Gasteiger partial charge < -0.3 is 4.74 Å². The van der Waals surface area contributed by atoms with Crippen molar-refractivity contribution in [3.05, 3.63) is 46.5 Å². The maximum absolute atomic E-state index is 6.53. The average Bonchev–Trinajstić information content (AvgIpc) is 2.39. The van der Waals surface area contributed by atoms with Crippen molar-refractivity contribution in [1.82, 2.24) is 4.98 Å². The molecule has 0 fully saturated rings. The Morgan fingerprint density at radius 1 is 1.00 bits per heavy atom. The first kappa shape index (κ1) is 12.2. The van der Waals surface area contributed by atoms with Gasteiger partial charge in [0, 0.05) is 10.8 Å². The number of benzene rings is 2. The Hall–Kier alpha value is -1.80. The Morgan fingerprint density at radius 2 is 1.74 bits per heavy atom. The molecule has 2 nitrogen and oxygen atoms in total. The van der Waals surface area contributed by atoms with Crippen LogP contribution in [0.2, 0.25) is 5.02 Å². The van der Waals surface area contributed by atoms with Gasteiger partial charge in [-0.2, -0.15) is 0 Å². The summed E-state index contributed by atoms with van der Waals surface area (Å²) >= 11 is 6.53. The van der Waals surface area contributed by atoms with E-state index in [9.17, 15) is 0 Å². The van der Waals surface area contributed by atoms with Gasteiger partial charge in [0.2, 0.25) is 0 Å². The van der Waals surface area contributed by atoms with Crippen LogP contribution in [-0.2, 0) is 0 Å². The fourth-order valence-electron chi connectivity index (χ4n) is 2.36. The summed E-state index contributed by atoms with van der Waals surface area (Å²) in [5.41, 5.74) is 4.06. The van der Waals surface area contributed by atoms with Gasteiger partial charge in [-0.05, 0) is 43.7 Å². The highest BCUT2D eigenvalue weighted by Gasteiger charge is 2.10. The molecule has 0 bridgehead atoms. The van der Waals surface area contributed by atoms with Gasteiger partial charge in [-0.25, -0.2) is 4.98 Å². The van der Waals surface area contributed by atoms with Crippen molar-refractivity contribution in [2.45, 2.75) is 13.8 Å². The van der Waals surface area contributed by atoms with Crippen LogP contribution in [0, 0.1) is 13.8 Å². The third-order valence-corrected chi connectivity index (χ3v) is 3.79. The number of ether oxygens (including phenoxy) is 1. The number of aryl methyl sites for hydroxylation is 2. The van der Waals surface area contributed by atoms with Crippen LogP contribution < -0.4 is 4.74 Å². The zero-order chi connectivity index (χ0) is 13.6. The molecule has 19 heavy (non-hydrogen) atoms. The molecule has 0 saturated heterocycles. The Bertz CT molecular complexity index is 796. The molecule has 0 amide bonds. The largest absolute Gasteiger partial charge is 0.496 e. The van der Waals surface area contributed by atoms with Crippen LogP contribution in [0.5, 0.6) is 5.75 Å². The molecule has 3 aromatic rings. The van der Waals surface area contributed by atoms with Crippen LogP contribution >= 0.6 is 11.6 Å². The summed E-state index contributed by atoms with van der Waals surface area (Å²) in [6, 6.07) is 10.1. The maximum Gasteiger partial charge on any atom is 0.122 e. The van der Waals surface area contributed by atoms with E-state index in [1.165, 1.54) is 5.56 Å². The summed E-state index contributed by atoms with van der Waals surface area (Å²) in [5, 5.41) is 2.66. The molecule has 0 N–H and O–H groups in total. The molecule has 0 atom stereocenters. The minimum atomic E-state index is 0.738. The van der Waals surface area contributed by atoms with Crippen LogP contribution in [0.3, 0.4) is 0 Å². The van der Waals surface area contributed by atoms with Crippen molar-refractivity contribution in [1.29, 1.82) is 0 Å². The summed E-state index contributed by atoms with van der Waals surface area (Å²) in [6.07, 6.45) is 0. The third kappa shape index (κ3) is 1.92. The molecule has 2 aromatic carbocycles. The van der Waals surface area contributed by atoms with E-state index >= 15 is 0 Å². The zero-order valence-electron chi connectivity index (χ0n) is 11.1. The summed E-state index contributed by atoms with van der Waals surface area (Å²) < 4.78 is 5.36. The van der Waals surface area contributed by atoms with Gasteiger partial charge in [0.15, 0.2) is 0 Å². The van der Waals surface area contributed by atoms with Gasteiger partial charge in [-0.15, -0.1) is 0 Å². The maximum atomic E-state index is 6.53. The Labute approximate surface area is 117 Å². The highest BCUT2D eigenvalue weighted by molar-refractivity contribution is 6.40. The predicted octanol–water partition coefficient (Wildman–Crippen LogP) is 4.67. The number of pyridine rings is 1. The lowest BCUT2D eigenvalue weighted by Gasteiger charge is -2.10. The smallest absolute Gasteiger partial charge is 0.122 e. The monoisotopic (exact) mass is 271 g/mol. The van der Waals surface area contributed by atoms with Crippen molar-refractivity contribution in [2.24, 2.45) is 0 Å². The van der Waals surface area contributed by atoms with E-state index in [1.807, 2.05) is 31.2 Å². The molecule has 0 saturated carbocycles. The fraction of sp³-hybridized carbons (Fsp3) is 0.188. The van der Waals surface area contributed by atoms with Gasteiger partial charge in [-0.1, -0.05) is 23.2 Å². The lowest BCUT2D eigenvalue weighted by molar-refractivity contribution is 0.412. The van der Waals surface area contributed by atoms with E-state index < -0.39 is 0 Å². The number of hydrogen-bond donors (Lipinski definition) is 0. The Balaban J connectivity index is 2.47. The lowest BCUT2D eigenvalue weighted by Crippen LogP contribution is -1.91. The predicted molar refractivity (Wildman–Crippen MR) is 80.3 cm³/mol. The Kier molecular flexibility index (Phi) is 2.83. The topological polar surface area (TPSA) is 22.1 Å². The molecule has 1 aromatic heterocycles. The highest BCUT2D eigenvalue weighted by atomic mass is 35.5. The second-order valence-corrected chi connectivity index (χ2v) is 5.16. The van der Waals surface area contributed by atoms with Crippen LogP contribution in [0.25, 0.3) is 21.8 Å². The van der Waals surface area contributed by atoms with Gasteiger partial charge in [0.25, 0.3) is 0 Å². The quantitative estimate of drug-likeness (QED) is 0.600. The molecule has 96 valence electrons. The van der Waals surface area contributed by atoms with Crippen LogP contribution in [0.4, 0.5) is 0 Å². The highest BCUT2D eigenvalue weighted by Crippen LogP contribution is 2.34. The first-order valence-corrected chi connectivity index (χ1v) is 6.52. The van der Waals surface area contributed by atoms with Gasteiger partial charge in [0.05, 0.1) is 23.2 Å². The first-order valence-electron chi connectivity index (χ1n) is 6.14.